The van der Waals surface area contributed by atoms with Crippen LogP contribution in [-0.2, 0) is 6.42 Å². The summed E-state index contributed by atoms with van der Waals surface area (Å²) in [6.07, 6.45) is 3.79. The average molecular weight is 212 g/mol. The molecule has 0 bridgehead atoms. The number of hydrogen-bond donors (Lipinski definition) is 1. The smallest absolute Gasteiger partial charge is 0.161 e. The molecule has 1 nitrogen and oxygen atoms in total. The lowest BCUT2D eigenvalue weighted by atomic mass is 10.1. The van der Waals surface area contributed by atoms with Crippen LogP contribution in [0.5, 0.6) is 0 Å². The molecule has 1 N–H and O–H groups in total. The van der Waals surface area contributed by atoms with Gasteiger partial charge in [-0.1, -0.05) is 30.0 Å². The highest BCUT2D eigenvalue weighted by Gasteiger charge is 2.31. The van der Waals surface area contributed by atoms with Crippen LogP contribution < -0.4 is 0 Å². The summed E-state index contributed by atoms with van der Waals surface area (Å²) in [7, 11) is 0. The van der Waals surface area contributed by atoms with Gasteiger partial charge < -0.3 is 5.11 Å². The summed E-state index contributed by atoms with van der Waals surface area (Å²) in [4.78, 5) is 1.23. The summed E-state index contributed by atoms with van der Waals surface area (Å²) in [6.45, 7) is 0. The molecule has 0 aromatic heterocycles. The van der Waals surface area contributed by atoms with Gasteiger partial charge in [0.1, 0.15) is 0 Å². The summed E-state index contributed by atoms with van der Waals surface area (Å²) in [6, 6.07) is 8.31. The van der Waals surface area contributed by atoms with Crippen LogP contribution >= 0.6 is 23.5 Å². The first-order chi connectivity index (χ1) is 6.23. The number of thioether (sulfide) groups is 2. The summed E-state index contributed by atoms with van der Waals surface area (Å²) in [5.41, 5.74) is 1.37. The van der Waals surface area contributed by atoms with Crippen molar-refractivity contribution in [3.8, 4) is 0 Å². The summed E-state index contributed by atoms with van der Waals surface area (Å²) < 4.78 is -0.603. The molecular weight excluding hydrogens is 200 g/mol. The fourth-order valence-corrected chi connectivity index (χ4v) is 3.37. The van der Waals surface area contributed by atoms with Crippen LogP contribution in [0.1, 0.15) is 12.0 Å². The number of aliphatic hydroxyl groups is 1. The molecule has 0 saturated carbocycles. The van der Waals surface area contributed by atoms with Gasteiger partial charge in [0.2, 0.25) is 0 Å². The lowest BCUT2D eigenvalue weighted by Crippen LogP contribution is -2.23. The molecule has 1 aliphatic rings. The van der Waals surface area contributed by atoms with E-state index in [2.05, 4.69) is 18.2 Å². The predicted molar refractivity (Wildman–Crippen MR) is 59.1 cm³/mol. The Morgan fingerprint density at radius 2 is 2.23 bits per heavy atom. The maximum absolute atomic E-state index is 10.1. The van der Waals surface area contributed by atoms with E-state index in [0.717, 1.165) is 12.8 Å². The van der Waals surface area contributed by atoms with Crippen molar-refractivity contribution < 1.29 is 5.11 Å². The summed E-state index contributed by atoms with van der Waals surface area (Å²) in [5.74, 6) is 0. The van der Waals surface area contributed by atoms with Crippen LogP contribution in [0.25, 0.3) is 0 Å². The predicted octanol–water partition coefficient (Wildman–Crippen LogP) is 2.73. The zero-order valence-electron chi connectivity index (χ0n) is 7.49. The average Bonchev–Trinajstić information content (AvgIpc) is 2.18. The zero-order chi connectivity index (χ0) is 9.31. The third-order valence-corrected chi connectivity index (χ3v) is 5.00. The molecule has 1 aromatic carbocycles. The fourth-order valence-electron chi connectivity index (χ4n) is 1.47. The third kappa shape index (κ3) is 1.87. The highest BCUT2D eigenvalue weighted by Crippen LogP contribution is 2.46. The normalized spacial score (nSPS) is 26.9. The van der Waals surface area contributed by atoms with Gasteiger partial charge in [-0.2, -0.15) is 0 Å². The second-order valence-corrected chi connectivity index (χ2v) is 5.79. The molecule has 2 rings (SSSR count). The first kappa shape index (κ1) is 9.44. The zero-order valence-corrected chi connectivity index (χ0v) is 9.12. The van der Waals surface area contributed by atoms with Gasteiger partial charge in [-0.25, -0.2) is 0 Å². The molecule has 0 fully saturated rings. The number of fused-ring (bicyclic) bond motifs is 1. The quantitative estimate of drug-likeness (QED) is 0.723. The van der Waals surface area contributed by atoms with Crippen LogP contribution in [0.15, 0.2) is 29.2 Å². The van der Waals surface area contributed by atoms with Crippen molar-refractivity contribution in [2.45, 2.75) is 22.0 Å². The van der Waals surface area contributed by atoms with Gasteiger partial charge >= 0.3 is 0 Å². The Kier molecular flexibility index (Phi) is 2.58. The van der Waals surface area contributed by atoms with E-state index in [-0.39, 0.29) is 0 Å². The lowest BCUT2D eigenvalue weighted by molar-refractivity contribution is 0.217. The molecule has 70 valence electrons. The highest BCUT2D eigenvalue weighted by atomic mass is 32.2. The SMILES string of the molecule is CSC1(O)CCc2ccccc2S1. The molecule has 0 saturated heterocycles. The molecule has 3 heteroatoms. The van der Waals surface area contributed by atoms with Crippen molar-refractivity contribution in [1.82, 2.24) is 0 Å². The van der Waals surface area contributed by atoms with E-state index < -0.39 is 4.27 Å². The van der Waals surface area contributed by atoms with Gasteiger partial charge in [-0.05, 0) is 30.7 Å². The van der Waals surface area contributed by atoms with Crippen LogP contribution in [0, 0.1) is 0 Å². The van der Waals surface area contributed by atoms with E-state index in [4.69, 9.17) is 0 Å². The molecule has 1 heterocycles. The van der Waals surface area contributed by atoms with E-state index in [9.17, 15) is 5.11 Å². The lowest BCUT2D eigenvalue weighted by Gasteiger charge is -2.30. The minimum absolute atomic E-state index is 0.603. The van der Waals surface area contributed by atoms with Crippen molar-refractivity contribution in [2.75, 3.05) is 6.26 Å². The molecule has 0 radical (unpaired) electrons. The molecule has 1 unspecified atom stereocenters. The van der Waals surface area contributed by atoms with Gasteiger partial charge in [0.25, 0.3) is 0 Å². The van der Waals surface area contributed by atoms with Crippen molar-refractivity contribution in [2.24, 2.45) is 0 Å². The Bertz CT molecular complexity index is 314. The van der Waals surface area contributed by atoms with E-state index in [1.807, 2.05) is 12.3 Å². The van der Waals surface area contributed by atoms with Gasteiger partial charge in [0.15, 0.2) is 4.27 Å². The van der Waals surface area contributed by atoms with Gasteiger partial charge in [-0.15, -0.1) is 11.8 Å². The largest absolute Gasteiger partial charge is 0.370 e. The molecule has 0 aliphatic carbocycles. The van der Waals surface area contributed by atoms with E-state index in [0.29, 0.717) is 0 Å². The number of hydrogen-bond acceptors (Lipinski definition) is 3. The van der Waals surface area contributed by atoms with Gasteiger partial charge in [-0.3, -0.25) is 0 Å². The number of rotatable bonds is 1. The van der Waals surface area contributed by atoms with Crippen molar-refractivity contribution in [3.63, 3.8) is 0 Å². The number of benzene rings is 1. The van der Waals surface area contributed by atoms with Crippen molar-refractivity contribution in [1.29, 1.82) is 0 Å². The van der Waals surface area contributed by atoms with Crippen molar-refractivity contribution in [3.05, 3.63) is 29.8 Å². The molecular formula is C10H12OS2. The standard InChI is InChI=1S/C10H12OS2/c1-12-10(11)7-6-8-4-2-3-5-9(8)13-10/h2-5,11H,6-7H2,1H3. The summed E-state index contributed by atoms with van der Waals surface area (Å²) in [5, 5.41) is 10.1. The number of aryl methyl sites for hydroxylation is 1. The molecule has 13 heavy (non-hydrogen) atoms. The minimum atomic E-state index is -0.603. The topological polar surface area (TPSA) is 20.2 Å². The molecule has 1 aliphatic heterocycles. The van der Waals surface area contributed by atoms with Crippen molar-refractivity contribution >= 4 is 23.5 Å². The third-order valence-electron chi connectivity index (χ3n) is 2.27. The van der Waals surface area contributed by atoms with E-state index in [1.54, 1.807) is 11.8 Å². The Labute approximate surface area is 86.9 Å². The highest BCUT2D eigenvalue weighted by molar-refractivity contribution is 8.17. The first-order valence-corrected chi connectivity index (χ1v) is 6.32. The maximum Gasteiger partial charge on any atom is 0.161 e. The molecule has 1 aromatic rings. The van der Waals surface area contributed by atoms with E-state index in [1.165, 1.54) is 22.2 Å². The molecule has 1 atom stereocenters. The van der Waals surface area contributed by atoms with Crippen LogP contribution in [-0.4, -0.2) is 15.6 Å². The van der Waals surface area contributed by atoms with Gasteiger partial charge in [0, 0.05) is 4.90 Å². The Morgan fingerprint density at radius 1 is 1.46 bits per heavy atom. The monoisotopic (exact) mass is 212 g/mol. The van der Waals surface area contributed by atoms with Gasteiger partial charge in [0.05, 0.1) is 0 Å². The summed E-state index contributed by atoms with van der Waals surface area (Å²) >= 11 is 3.11. The van der Waals surface area contributed by atoms with Crippen LogP contribution in [0.3, 0.4) is 0 Å². The minimum Gasteiger partial charge on any atom is -0.370 e. The maximum atomic E-state index is 10.1. The van der Waals surface area contributed by atoms with E-state index >= 15 is 0 Å². The Morgan fingerprint density at radius 3 is 3.00 bits per heavy atom. The Balaban J connectivity index is 2.29. The first-order valence-electron chi connectivity index (χ1n) is 4.28. The fraction of sp³-hybridized carbons (Fsp3) is 0.400. The second kappa shape index (κ2) is 3.56. The Hall–Kier alpha value is -0.120. The molecule has 0 amide bonds. The van der Waals surface area contributed by atoms with Crippen LogP contribution in [0.2, 0.25) is 0 Å². The molecule has 0 spiro atoms. The van der Waals surface area contributed by atoms with Crippen LogP contribution in [0.4, 0.5) is 0 Å². The second-order valence-electron chi connectivity index (χ2n) is 3.13.